The van der Waals surface area contributed by atoms with Crippen molar-refractivity contribution in [1.82, 2.24) is 10.3 Å². The van der Waals surface area contributed by atoms with Crippen molar-refractivity contribution in [2.24, 2.45) is 0 Å². The van der Waals surface area contributed by atoms with Crippen molar-refractivity contribution in [3.8, 4) is 10.6 Å². The Hall–Kier alpha value is -1.26. The van der Waals surface area contributed by atoms with Crippen LogP contribution in [0.1, 0.15) is 12.1 Å². The van der Waals surface area contributed by atoms with E-state index in [1.54, 1.807) is 17.4 Å². The zero-order chi connectivity index (χ0) is 12.1. The smallest absolute Gasteiger partial charge is 0.123 e. The first-order chi connectivity index (χ1) is 8.29. The molecule has 4 heteroatoms. The van der Waals surface area contributed by atoms with Gasteiger partial charge < -0.3 is 5.32 Å². The summed E-state index contributed by atoms with van der Waals surface area (Å²) in [4.78, 5) is 4.52. The maximum absolute atomic E-state index is 13.1. The molecule has 0 saturated heterocycles. The van der Waals surface area contributed by atoms with Crippen LogP contribution >= 0.6 is 11.3 Å². The van der Waals surface area contributed by atoms with Gasteiger partial charge in [0.1, 0.15) is 10.8 Å². The molecule has 17 heavy (non-hydrogen) atoms. The quantitative estimate of drug-likeness (QED) is 0.825. The molecule has 1 aromatic carbocycles. The third-order valence-electron chi connectivity index (χ3n) is 2.48. The number of benzene rings is 1. The van der Waals surface area contributed by atoms with Gasteiger partial charge in [-0.05, 0) is 38.6 Å². The van der Waals surface area contributed by atoms with Crippen molar-refractivity contribution >= 4 is 11.3 Å². The van der Waals surface area contributed by atoms with Crippen LogP contribution in [0.15, 0.2) is 29.6 Å². The summed E-state index contributed by atoms with van der Waals surface area (Å²) >= 11 is 1.57. The van der Waals surface area contributed by atoms with E-state index in [2.05, 4.69) is 15.7 Å². The lowest BCUT2D eigenvalue weighted by Crippen LogP contribution is -2.08. The second kappa shape index (κ2) is 5.89. The molecule has 0 amide bonds. The summed E-state index contributed by atoms with van der Waals surface area (Å²) in [6.45, 7) is 0.993. The first-order valence-electron chi connectivity index (χ1n) is 5.64. The van der Waals surface area contributed by atoms with E-state index < -0.39 is 0 Å². The lowest BCUT2D eigenvalue weighted by Gasteiger charge is -1.97. The van der Waals surface area contributed by atoms with Crippen LogP contribution < -0.4 is 5.32 Å². The number of aromatic nitrogens is 1. The topological polar surface area (TPSA) is 24.9 Å². The first-order valence-corrected chi connectivity index (χ1v) is 6.52. The van der Waals surface area contributed by atoms with Gasteiger partial charge in [0.15, 0.2) is 0 Å². The van der Waals surface area contributed by atoms with Crippen LogP contribution in [0.25, 0.3) is 10.6 Å². The van der Waals surface area contributed by atoms with Crippen LogP contribution in [0.3, 0.4) is 0 Å². The second-order valence-electron chi connectivity index (χ2n) is 3.86. The molecule has 0 bridgehead atoms. The van der Waals surface area contributed by atoms with Gasteiger partial charge in [-0.25, -0.2) is 9.37 Å². The molecule has 0 aliphatic heterocycles. The highest BCUT2D eigenvalue weighted by Gasteiger charge is 2.05. The SMILES string of the molecule is CNCCCc1csc(-c2cccc(F)c2)n1. The maximum atomic E-state index is 13.1. The maximum Gasteiger partial charge on any atom is 0.123 e. The average Bonchev–Trinajstić information content (AvgIpc) is 2.78. The lowest BCUT2D eigenvalue weighted by atomic mass is 10.2. The zero-order valence-corrected chi connectivity index (χ0v) is 10.6. The van der Waals surface area contributed by atoms with Crippen molar-refractivity contribution in [1.29, 1.82) is 0 Å². The Kier molecular flexibility index (Phi) is 4.23. The summed E-state index contributed by atoms with van der Waals surface area (Å²) in [5.41, 5.74) is 1.94. The molecule has 0 aliphatic rings. The molecule has 2 nitrogen and oxygen atoms in total. The third-order valence-corrected chi connectivity index (χ3v) is 3.42. The molecule has 0 fully saturated rings. The monoisotopic (exact) mass is 250 g/mol. The van der Waals surface area contributed by atoms with Gasteiger partial charge in [-0.3, -0.25) is 0 Å². The van der Waals surface area contributed by atoms with E-state index in [1.165, 1.54) is 12.1 Å². The fourth-order valence-corrected chi connectivity index (χ4v) is 2.47. The molecular formula is C13H15FN2S. The zero-order valence-electron chi connectivity index (χ0n) is 9.74. The molecule has 0 aliphatic carbocycles. The van der Waals surface area contributed by atoms with Crippen LogP contribution in [-0.4, -0.2) is 18.6 Å². The number of hydrogen-bond donors (Lipinski definition) is 1. The van der Waals surface area contributed by atoms with Crippen LogP contribution in [0.2, 0.25) is 0 Å². The number of hydrogen-bond acceptors (Lipinski definition) is 3. The van der Waals surface area contributed by atoms with E-state index in [0.29, 0.717) is 0 Å². The number of halogens is 1. The van der Waals surface area contributed by atoms with Crippen LogP contribution in [0, 0.1) is 5.82 Å². The number of aryl methyl sites for hydroxylation is 1. The molecular weight excluding hydrogens is 235 g/mol. The van der Waals surface area contributed by atoms with Gasteiger partial charge in [0, 0.05) is 10.9 Å². The van der Waals surface area contributed by atoms with Gasteiger partial charge in [-0.15, -0.1) is 11.3 Å². The molecule has 90 valence electrons. The summed E-state index contributed by atoms with van der Waals surface area (Å²) in [5.74, 6) is -0.213. The minimum Gasteiger partial charge on any atom is -0.320 e. The highest BCUT2D eigenvalue weighted by atomic mass is 32.1. The molecule has 0 unspecified atom stereocenters. The number of nitrogens with one attached hydrogen (secondary N) is 1. The van der Waals surface area contributed by atoms with Gasteiger partial charge >= 0.3 is 0 Å². The van der Waals surface area contributed by atoms with Crippen molar-refractivity contribution in [2.75, 3.05) is 13.6 Å². The third kappa shape index (κ3) is 3.35. The van der Waals surface area contributed by atoms with E-state index in [-0.39, 0.29) is 5.82 Å². The molecule has 0 spiro atoms. The van der Waals surface area contributed by atoms with E-state index in [1.807, 2.05) is 13.1 Å². The van der Waals surface area contributed by atoms with Crippen molar-refractivity contribution in [3.05, 3.63) is 41.2 Å². The number of nitrogens with zero attached hydrogens (tertiary/aromatic N) is 1. The Morgan fingerprint density at radius 3 is 3.06 bits per heavy atom. The lowest BCUT2D eigenvalue weighted by molar-refractivity contribution is 0.628. The number of thiazole rings is 1. The molecule has 1 aromatic heterocycles. The van der Waals surface area contributed by atoms with Crippen LogP contribution in [0.4, 0.5) is 4.39 Å². The standard InChI is InChI=1S/C13H15FN2S/c1-15-7-3-6-12-9-17-13(16-12)10-4-2-5-11(14)8-10/h2,4-5,8-9,15H,3,6-7H2,1H3. The number of rotatable bonds is 5. The Morgan fingerprint density at radius 1 is 1.41 bits per heavy atom. The molecule has 0 saturated carbocycles. The van der Waals surface area contributed by atoms with Gasteiger partial charge in [0.2, 0.25) is 0 Å². The van der Waals surface area contributed by atoms with Gasteiger partial charge in [0.05, 0.1) is 5.69 Å². The van der Waals surface area contributed by atoms with Crippen LogP contribution in [-0.2, 0) is 6.42 Å². The van der Waals surface area contributed by atoms with E-state index in [4.69, 9.17) is 0 Å². The van der Waals surface area contributed by atoms with E-state index >= 15 is 0 Å². The Morgan fingerprint density at radius 2 is 2.29 bits per heavy atom. The molecule has 0 radical (unpaired) electrons. The molecule has 2 rings (SSSR count). The van der Waals surface area contributed by atoms with E-state index in [9.17, 15) is 4.39 Å². The molecule has 1 N–H and O–H groups in total. The minimum atomic E-state index is -0.213. The summed E-state index contributed by atoms with van der Waals surface area (Å²) in [5, 5.41) is 6.05. The fraction of sp³-hybridized carbons (Fsp3) is 0.308. The Bertz CT molecular complexity index is 482. The van der Waals surface area contributed by atoms with Gasteiger partial charge in [-0.2, -0.15) is 0 Å². The predicted molar refractivity (Wildman–Crippen MR) is 69.8 cm³/mol. The van der Waals surface area contributed by atoms with Gasteiger partial charge in [0.25, 0.3) is 0 Å². The molecule has 1 heterocycles. The summed E-state index contributed by atoms with van der Waals surface area (Å²) in [7, 11) is 1.94. The Labute approximate surface area is 105 Å². The van der Waals surface area contributed by atoms with Crippen LogP contribution in [0.5, 0.6) is 0 Å². The first kappa shape index (κ1) is 12.2. The van der Waals surface area contributed by atoms with E-state index in [0.717, 1.165) is 35.7 Å². The molecule has 2 aromatic rings. The van der Waals surface area contributed by atoms with Crippen molar-refractivity contribution in [2.45, 2.75) is 12.8 Å². The van der Waals surface area contributed by atoms with Crippen molar-refractivity contribution in [3.63, 3.8) is 0 Å². The van der Waals surface area contributed by atoms with Gasteiger partial charge in [-0.1, -0.05) is 12.1 Å². The normalized spacial score (nSPS) is 10.7. The minimum absolute atomic E-state index is 0.213. The highest BCUT2D eigenvalue weighted by Crippen LogP contribution is 2.24. The Balaban J connectivity index is 2.07. The summed E-state index contributed by atoms with van der Waals surface area (Å²) in [6, 6.07) is 6.58. The second-order valence-corrected chi connectivity index (χ2v) is 4.72. The van der Waals surface area contributed by atoms with Crippen molar-refractivity contribution < 1.29 is 4.39 Å². The molecule has 0 atom stereocenters. The predicted octanol–water partition coefficient (Wildman–Crippen LogP) is 3.10. The average molecular weight is 250 g/mol. The summed E-state index contributed by atoms with van der Waals surface area (Å²) < 4.78 is 13.1. The largest absolute Gasteiger partial charge is 0.320 e. The fourth-order valence-electron chi connectivity index (χ4n) is 1.62. The highest BCUT2D eigenvalue weighted by molar-refractivity contribution is 7.13. The summed E-state index contributed by atoms with van der Waals surface area (Å²) in [6.07, 6.45) is 2.04.